The third-order valence-electron chi connectivity index (χ3n) is 10.9. The molecule has 2 heterocycles. The molecule has 0 bridgehead atoms. The topological polar surface area (TPSA) is 21.7 Å². The van der Waals surface area contributed by atoms with Gasteiger partial charge in [-0.15, -0.1) is 0 Å². The number of fused-ring (bicyclic) bond motifs is 6. The van der Waals surface area contributed by atoms with E-state index in [4.69, 9.17) is 9.47 Å². The predicted octanol–water partition coefficient (Wildman–Crippen LogP) is 11.5. The van der Waals surface area contributed by atoms with E-state index in [2.05, 4.69) is 199 Å². The third-order valence-corrected chi connectivity index (χ3v) is 10.9. The van der Waals surface area contributed by atoms with Crippen LogP contribution in [0.4, 0.5) is 17.1 Å². The van der Waals surface area contributed by atoms with Crippen LogP contribution in [0.5, 0.6) is 23.0 Å². The van der Waals surface area contributed by atoms with Gasteiger partial charge in [0, 0.05) is 40.1 Å². The molecule has 3 nitrogen and oxygen atoms in total. The van der Waals surface area contributed by atoms with Crippen molar-refractivity contribution >= 4 is 61.7 Å². The van der Waals surface area contributed by atoms with Crippen molar-refractivity contribution in [2.75, 3.05) is 4.90 Å². The largest absolute Gasteiger partial charge is 0.458 e. The number of hydrogen-bond acceptors (Lipinski definition) is 3. The van der Waals surface area contributed by atoms with Gasteiger partial charge in [0.2, 0.25) is 0 Å². The summed E-state index contributed by atoms with van der Waals surface area (Å²) in [6.45, 7) is -0.0979. The number of anilines is 3. The summed E-state index contributed by atoms with van der Waals surface area (Å²) in [5, 5.41) is 4.83. The molecule has 9 aromatic carbocycles. The van der Waals surface area contributed by atoms with E-state index in [1.807, 2.05) is 0 Å². The highest BCUT2D eigenvalue weighted by molar-refractivity contribution is 6.98. The Morgan fingerprint density at radius 1 is 0.352 bits per heavy atom. The summed E-state index contributed by atoms with van der Waals surface area (Å²) in [6.07, 6.45) is 0. The zero-order valence-corrected chi connectivity index (χ0v) is 29.3. The minimum Gasteiger partial charge on any atom is -0.458 e. The molecule has 2 aliphatic rings. The highest BCUT2D eigenvalue weighted by atomic mass is 16.5. The average Bonchev–Trinajstić information content (AvgIpc) is 3.23. The van der Waals surface area contributed by atoms with Gasteiger partial charge < -0.3 is 14.4 Å². The van der Waals surface area contributed by atoms with Gasteiger partial charge in [0.05, 0.1) is 5.69 Å². The molecule has 0 saturated carbocycles. The lowest BCUT2D eigenvalue weighted by molar-refractivity contribution is 0.466. The smallest absolute Gasteiger partial charge is 0.260 e. The molecule has 4 heteroatoms. The van der Waals surface area contributed by atoms with Gasteiger partial charge in [0.15, 0.2) is 0 Å². The Labute approximate surface area is 314 Å². The van der Waals surface area contributed by atoms with Gasteiger partial charge in [-0.3, -0.25) is 0 Å². The summed E-state index contributed by atoms with van der Waals surface area (Å²) in [7, 11) is 0. The summed E-state index contributed by atoms with van der Waals surface area (Å²) >= 11 is 0. The zero-order valence-electron chi connectivity index (χ0n) is 29.3. The Bertz CT molecular complexity index is 2710. The molecule has 0 atom stereocenters. The van der Waals surface area contributed by atoms with Crippen molar-refractivity contribution in [3.05, 3.63) is 194 Å². The van der Waals surface area contributed by atoms with Crippen LogP contribution in [-0.2, 0) is 0 Å². The van der Waals surface area contributed by atoms with E-state index in [9.17, 15) is 0 Å². The monoisotopic (exact) mass is 689 g/mol. The van der Waals surface area contributed by atoms with E-state index in [0.29, 0.717) is 0 Å². The van der Waals surface area contributed by atoms with E-state index in [-0.39, 0.29) is 6.71 Å². The fourth-order valence-corrected chi connectivity index (χ4v) is 8.43. The van der Waals surface area contributed by atoms with Gasteiger partial charge in [-0.25, -0.2) is 0 Å². The average molecular weight is 690 g/mol. The van der Waals surface area contributed by atoms with Gasteiger partial charge in [-0.2, -0.15) is 0 Å². The molecule has 0 amide bonds. The van der Waals surface area contributed by atoms with Crippen molar-refractivity contribution in [2.24, 2.45) is 0 Å². The summed E-state index contributed by atoms with van der Waals surface area (Å²) < 4.78 is 14.3. The first kappa shape index (κ1) is 30.6. The van der Waals surface area contributed by atoms with E-state index in [0.717, 1.165) is 78.7 Å². The van der Waals surface area contributed by atoms with Crippen molar-refractivity contribution < 1.29 is 9.47 Å². The summed E-state index contributed by atoms with van der Waals surface area (Å²) in [5.41, 5.74) is 10.7. The number of hydrogen-bond donors (Lipinski definition) is 0. The molecular weight excluding hydrogens is 657 g/mol. The SMILES string of the molecule is c1ccc(N(c2ccccc2)c2cc3c4c(c2)Oc2c(cccc2-c2ccc5ccccc5c2)B4c2cccc(-c4ccc5ccccc5c4)c2O3)cc1. The second-order valence-electron chi connectivity index (χ2n) is 14.1. The minimum atomic E-state index is -0.0979. The molecule has 0 saturated heterocycles. The minimum absolute atomic E-state index is 0.0979. The maximum Gasteiger partial charge on any atom is 0.260 e. The molecule has 2 aliphatic heterocycles. The molecule has 54 heavy (non-hydrogen) atoms. The first-order chi connectivity index (χ1) is 26.8. The Morgan fingerprint density at radius 2 is 0.796 bits per heavy atom. The molecular formula is C50H32BNO2. The van der Waals surface area contributed by atoms with E-state index in [1.165, 1.54) is 21.5 Å². The molecule has 11 rings (SSSR count). The van der Waals surface area contributed by atoms with Crippen LogP contribution in [0.25, 0.3) is 43.8 Å². The van der Waals surface area contributed by atoms with Gasteiger partial charge >= 0.3 is 0 Å². The van der Waals surface area contributed by atoms with Crippen LogP contribution >= 0.6 is 0 Å². The maximum atomic E-state index is 7.16. The quantitative estimate of drug-likeness (QED) is 0.168. The van der Waals surface area contributed by atoms with Crippen molar-refractivity contribution in [2.45, 2.75) is 0 Å². The van der Waals surface area contributed by atoms with Crippen LogP contribution in [0, 0.1) is 0 Å². The highest BCUT2D eigenvalue weighted by Crippen LogP contribution is 2.46. The Morgan fingerprint density at radius 3 is 1.28 bits per heavy atom. The standard InChI is InChI=1S/C50H32BNO2/c1-3-17-39(18-4-1)52(40-19-5-2-6-20-40)41-31-46-48-47(32-41)54-50-43(38-28-26-34-14-8-10-16-36(34)30-38)22-12-24-45(50)51(48)44-23-11-21-42(49(44)53-46)37-27-25-33-13-7-9-15-35(33)29-37/h1-32H. The molecule has 9 aromatic rings. The van der Waals surface area contributed by atoms with Crippen LogP contribution < -0.4 is 30.8 Å². The van der Waals surface area contributed by atoms with E-state index >= 15 is 0 Å². The lowest BCUT2D eigenvalue weighted by Crippen LogP contribution is -2.57. The van der Waals surface area contributed by atoms with Gasteiger partial charge in [-0.1, -0.05) is 146 Å². The normalized spacial score (nSPS) is 12.3. The molecule has 0 radical (unpaired) electrons. The third kappa shape index (κ3) is 4.92. The number of ether oxygens (including phenoxy) is 2. The van der Waals surface area contributed by atoms with E-state index in [1.54, 1.807) is 0 Å². The molecule has 252 valence electrons. The molecule has 0 unspecified atom stereocenters. The fraction of sp³-hybridized carbons (Fsp3) is 0. The second kappa shape index (κ2) is 12.3. The first-order valence-corrected chi connectivity index (χ1v) is 18.4. The lowest BCUT2D eigenvalue weighted by Gasteiger charge is -2.36. The van der Waals surface area contributed by atoms with Gasteiger partial charge in [0.1, 0.15) is 23.0 Å². The maximum absolute atomic E-state index is 7.16. The van der Waals surface area contributed by atoms with Crippen LogP contribution in [0.1, 0.15) is 0 Å². The highest BCUT2D eigenvalue weighted by Gasteiger charge is 2.42. The van der Waals surface area contributed by atoms with Crippen LogP contribution in [0.2, 0.25) is 0 Å². The van der Waals surface area contributed by atoms with Crippen LogP contribution in [-0.4, -0.2) is 6.71 Å². The van der Waals surface area contributed by atoms with E-state index < -0.39 is 0 Å². The number of rotatable bonds is 5. The Kier molecular flexibility index (Phi) is 6.96. The summed E-state index contributed by atoms with van der Waals surface area (Å²) in [5.74, 6) is 3.35. The molecule has 0 aliphatic carbocycles. The van der Waals surface area contributed by atoms with Crippen molar-refractivity contribution in [1.82, 2.24) is 0 Å². The van der Waals surface area contributed by atoms with Crippen molar-refractivity contribution in [3.63, 3.8) is 0 Å². The molecule has 0 fully saturated rings. The number of nitrogens with zero attached hydrogens (tertiary/aromatic N) is 1. The number of para-hydroxylation sites is 4. The van der Waals surface area contributed by atoms with Crippen molar-refractivity contribution in [3.8, 4) is 45.3 Å². The summed E-state index contributed by atoms with van der Waals surface area (Å²) in [4.78, 5) is 2.27. The second-order valence-corrected chi connectivity index (χ2v) is 14.1. The van der Waals surface area contributed by atoms with Gasteiger partial charge in [-0.05, 0) is 80.0 Å². The Hall–Kier alpha value is -7.04. The summed E-state index contributed by atoms with van der Waals surface area (Å²) in [6, 6.07) is 68.9. The molecule has 0 N–H and O–H groups in total. The van der Waals surface area contributed by atoms with Crippen molar-refractivity contribution in [1.29, 1.82) is 0 Å². The lowest BCUT2D eigenvalue weighted by atomic mass is 9.34. The fourth-order valence-electron chi connectivity index (χ4n) is 8.43. The molecule has 0 spiro atoms. The Balaban J connectivity index is 1.16. The van der Waals surface area contributed by atoms with Gasteiger partial charge in [0.25, 0.3) is 6.71 Å². The predicted molar refractivity (Wildman–Crippen MR) is 225 cm³/mol. The first-order valence-electron chi connectivity index (χ1n) is 18.4. The van der Waals surface area contributed by atoms with Crippen LogP contribution in [0.3, 0.4) is 0 Å². The van der Waals surface area contributed by atoms with Crippen LogP contribution in [0.15, 0.2) is 194 Å². The zero-order chi connectivity index (χ0) is 35.6. The molecule has 0 aromatic heterocycles. The number of benzene rings is 9.